The van der Waals surface area contributed by atoms with E-state index in [1.165, 1.54) is 43.4 Å². The van der Waals surface area contributed by atoms with Crippen molar-refractivity contribution in [3.8, 4) is 22.9 Å². The quantitative estimate of drug-likeness (QED) is 0.610. The maximum Gasteiger partial charge on any atom is 0.241 e. The highest BCUT2D eigenvalue weighted by atomic mass is 19.1. The molecule has 3 aromatic rings. The number of nitrogens with zero attached hydrogens (tertiary/aromatic N) is 3. The fraction of sp³-hybridized carbons (Fsp3) is 0.364. The van der Waals surface area contributed by atoms with E-state index < -0.39 is 0 Å². The predicted molar refractivity (Wildman–Crippen MR) is 104 cm³/mol. The molecule has 2 aliphatic rings. The second kappa shape index (κ2) is 7.83. The first-order valence-electron chi connectivity index (χ1n) is 9.96. The van der Waals surface area contributed by atoms with E-state index in [0.717, 1.165) is 23.6 Å². The summed E-state index contributed by atoms with van der Waals surface area (Å²) in [5.74, 6) is 2.35. The lowest BCUT2D eigenvalue weighted by atomic mass is 10.1. The molecular weight excluding hydrogens is 373 g/mol. The van der Waals surface area contributed by atoms with Gasteiger partial charge in [0, 0.05) is 18.2 Å². The topological polar surface area (TPSA) is 60.6 Å². The Kier molecular flexibility index (Phi) is 4.89. The molecule has 6 nitrogen and oxygen atoms in total. The number of rotatable bonds is 6. The average Bonchev–Trinajstić information content (AvgIpc) is 3.49. The molecule has 1 aliphatic carbocycles. The summed E-state index contributed by atoms with van der Waals surface area (Å²) in [6, 6.07) is 12.7. The fourth-order valence-electron chi connectivity index (χ4n) is 4.07. The number of hydrogen-bond acceptors (Lipinski definition) is 6. The number of ether oxygens (including phenoxy) is 2. The lowest BCUT2D eigenvalue weighted by Gasteiger charge is -2.27. The summed E-state index contributed by atoms with van der Waals surface area (Å²) in [6.07, 6.45) is 4.83. The molecule has 1 aromatic heterocycles. The van der Waals surface area contributed by atoms with Crippen LogP contribution in [0.3, 0.4) is 0 Å². The standard InChI is InChI=1S/C22H22FN3O3/c23-17-8-6-16(7-9-17)22-24-21(29-25-22)13-26(18-3-1-2-4-18)12-15-5-10-19-20(11-15)28-14-27-19/h5-11,18H,1-4,12-14H2. The number of fused-ring (bicyclic) bond motifs is 1. The van der Waals surface area contributed by atoms with E-state index in [-0.39, 0.29) is 12.6 Å². The molecule has 5 rings (SSSR count). The molecule has 1 saturated carbocycles. The summed E-state index contributed by atoms with van der Waals surface area (Å²) < 4.78 is 29.6. The first-order chi connectivity index (χ1) is 14.2. The van der Waals surface area contributed by atoms with Crippen LogP contribution in [0.5, 0.6) is 11.5 Å². The monoisotopic (exact) mass is 395 g/mol. The van der Waals surface area contributed by atoms with Gasteiger partial charge in [0.1, 0.15) is 5.82 Å². The van der Waals surface area contributed by atoms with E-state index in [1.807, 2.05) is 12.1 Å². The second-order valence-corrected chi connectivity index (χ2v) is 7.55. The van der Waals surface area contributed by atoms with E-state index in [9.17, 15) is 4.39 Å². The molecule has 1 aliphatic heterocycles. The van der Waals surface area contributed by atoms with Gasteiger partial charge >= 0.3 is 0 Å². The van der Waals surface area contributed by atoms with Crippen molar-refractivity contribution in [1.29, 1.82) is 0 Å². The van der Waals surface area contributed by atoms with Crippen molar-refractivity contribution in [2.75, 3.05) is 6.79 Å². The van der Waals surface area contributed by atoms with E-state index in [4.69, 9.17) is 14.0 Å². The fourth-order valence-corrected chi connectivity index (χ4v) is 4.07. The summed E-state index contributed by atoms with van der Waals surface area (Å²) in [5, 5.41) is 4.08. The minimum atomic E-state index is -0.284. The van der Waals surface area contributed by atoms with Gasteiger partial charge in [0.2, 0.25) is 18.5 Å². The Balaban J connectivity index is 1.34. The molecule has 2 aromatic carbocycles. The third-order valence-corrected chi connectivity index (χ3v) is 5.57. The first-order valence-corrected chi connectivity index (χ1v) is 9.96. The molecule has 2 heterocycles. The summed E-state index contributed by atoms with van der Waals surface area (Å²) in [7, 11) is 0. The highest BCUT2D eigenvalue weighted by Gasteiger charge is 2.25. The van der Waals surface area contributed by atoms with Gasteiger partial charge in [-0.25, -0.2) is 4.39 Å². The normalized spacial score (nSPS) is 16.1. The largest absolute Gasteiger partial charge is 0.454 e. The number of hydrogen-bond donors (Lipinski definition) is 0. The zero-order chi connectivity index (χ0) is 19.6. The Morgan fingerprint density at radius 3 is 2.59 bits per heavy atom. The molecule has 1 fully saturated rings. The van der Waals surface area contributed by atoms with Crippen molar-refractivity contribution in [3.05, 3.63) is 59.7 Å². The average molecular weight is 395 g/mol. The van der Waals surface area contributed by atoms with Crippen molar-refractivity contribution < 1.29 is 18.4 Å². The number of benzene rings is 2. The summed E-state index contributed by atoms with van der Waals surface area (Å²) in [5.41, 5.74) is 1.91. The van der Waals surface area contributed by atoms with Crippen molar-refractivity contribution in [3.63, 3.8) is 0 Å². The molecule has 0 saturated heterocycles. The highest BCUT2D eigenvalue weighted by molar-refractivity contribution is 5.53. The van der Waals surface area contributed by atoms with Crippen LogP contribution in [0, 0.1) is 5.82 Å². The third-order valence-electron chi connectivity index (χ3n) is 5.57. The Morgan fingerprint density at radius 2 is 1.76 bits per heavy atom. The molecule has 0 atom stereocenters. The second-order valence-electron chi connectivity index (χ2n) is 7.55. The lowest BCUT2D eigenvalue weighted by molar-refractivity contribution is 0.157. The predicted octanol–water partition coefficient (Wildman–Crippen LogP) is 4.55. The van der Waals surface area contributed by atoms with E-state index in [0.29, 0.717) is 24.3 Å². The molecule has 0 radical (unpaired) electrons. The Labute approximate surface area is 168 Å². The van der Waals surface area contributed by atoms with Crippen LogP contribution in [0.15, 0.2) is 47.0 Å². The molecular formula is C22H22FN3O3. The van der Waals surface area contributed by atoms with Crippen LogP contribution in [0.2, 0.25) is 0 Å². The van der Waals surface area contributed by atoms with Crippen LogP contribution in [-0.4, -0.2) is 27.9 Å². The summed E-state index contributed by atoms with van der Waals surface area (Å²) in [6.45, 7) is 1.63. The zero-order valence-corrected chi connectivity index (χ0v) is 16.0. The smallest absolute Gasteiger partial charge is 0.241 e. The van der Waals surface area contributed by atoms with Crippen LogP contribution < -0.4 is 9.47 Å². The van der Waals surface area contributed by atoms with Gasteiger partial charge in [0.05, 0.1) is 6.54 Å². The SMILES string of the molecule is Fc1ccc(-c2noc(CN(Cc3ccc4c(c3)OCO4)C3CCCC3)n2)cc1. The minimum Gasteiger partial charge on any atom is -0.454 e. The summed E-state index contributed by atoms with van der Waals surface area (Å²) in [4.78, 5) is 6.93. The molecule has 0 spiro atoms. The van der Waals surface area contributed by atoms with Gasteiger partial charge in [-0.2, -0.15) is 4.98 Å². The Morgan fingerprint density at radius 1 is 0.966 bits per heavy atom. The van der Waals surface area contributed by atoms with Gasteiger partial charge in [0.15, 0.2) is 11.5 Å². The maximum absolute atomic E-state index is 13.2. The van der Waals surface area contributed by atoms with Crippen molar-refractivity contribution in [1.82, 2.24) is 15.0 Å². The molecule has 0 bridgehead atoms. The Bertz CT molecular complexity index is 983. The number of halogens is 1. The van der Waals surface area contributed by atoms with Crippen molar-refractivity contribution in [2.45, 2.75) is 44.8 Å². The van der Waals surface area contributed by atoms with Crippen LogP contribution in [0.4, 0.5) is 4.39 Å². The first kappa shape index (κ1) is 18.1. The van der Waals surface area contributed by atoms with Gasteiger partial charge in [-0.15, -0.1) is 0 Å². The molecule has 29 heavy (non-hydrogen) atoms. The number of aromatic nitrogens is 2. The van der Waals surface area contributed by atoms with Crippen molar-refractivity contribution in [2.24, 2.45) is 0 Å². The summed E-state index contributed by atoms with van der Waals surface area (Å²) >= 11 is 0. The van der Waals surface area contributed by atoms with Crippen molar-refractivity contribution >= 4 is 0 Å². The lowest BCUT2D eigenvalue weighted by Crippen LogP contribution is -2.32. The molecule has 7 heteroatoms. The van der Waals surface area contributed by atoms with E-state index >= 15 is 0 Å². The zero-order valence-electron chi connectivity index (χ0n) is 16.0. The van der Waals surface area contributed by atoms with Gasteiger partial charge in [-0.1, -0.05) is 24.1 Å². The van der Waals surface area contributed by atoms with Gasteiger partial charge in [-0.3, -0.25) is 4.90 Å². The van der Waals surface area contributed by atoms with E-state index in [1.54, 1.807) is 12.1 Å². The third kappa shape index (κ3) is 3.96. The maximum atomic E-state index is 13.2. The molecule has 0 N–H and O–H groups in total. The van der Waals surface area contributed by atoms with Gasteiger partial charge in [-0.05, 0) is 54.8 Å². The van der Waals surface area contributed by atoms with Crippen LogP contribution in [0.1, 0.15) is 37.1 Å². The van der Waals surface area contributed by atoms with E-state index in [2.05, 4.69) is 21.1 Å². The van der Waals surface area contributed by atoms with Gasteiger partial charge < -0.3 is 14.0 Å². The van der Waals surface area contributed by atoms with Crippen LogP contribution in [0.25, 0.3) is 11.4 Å². The molecule has 0 unspecified atom stereocenters. The molecule has 150 valence electrons. The minimum absolute atomic E-state index is 0.277. The van der Waals surface area contributed by atoms with Crippen LogP contribution in [-0.2, 0) is 13.1 Å². The van der Waals surface area contributed by atoms with Crippen LogP contribution >= 0.6 is 0 Å². The van der Waals surface area contributed by atoms with Gasteiger partial charge in [0.25, 0.3) is 0 Å². The highest BCUT2D eigenvalue weighted by Crippen LogP contribution is 2.34. The Hall–Kier alpha value is -2.93. The molecule has 0 amide bonds.